The van der Waals surface area contributed by atoms with Gasteiger partial charge in [0, 0.05) is 0 Å². The van der Waals surface area contributed by atoms with Crippen LogP contribution in [0.4, 0.5) is 62.3 Å². The Morgan fingerprint density at radius 3 is 0.731 bits per heavy atom. The fourth-order valence-electron chi connectivity index (χ4n) is 1.76. The third-order valence-electron chi connectivity index (χ3n) is 2.57. The van der Waals surface area contributed by atoms with Gasteiger partial charge in [-0.15, -0.1) is 0 Å². The van der Waals surface area contributed by atoms with Gasteiger partial charge >= 0.3 is 48.2 Å². The largest absolute Gasteiger partial charge is 0.507 e. The molecule has 0 saturated carbocycles. The van der Waals surface area contributed by atoms with Crippen LogP contribution in [-0.4, -0.2) is 58.4 Å². The number of hydrogen-bond donors (Lipinski definition) is 2. The fourth-order valence-corrected chi connectivity index (χ4v) is 1.76. The Hall–Kier alpha value is -2.30. The van der Waals surface area contributed by atoms with Gasteiger partial charge < -0.3 is 19.7 Å². The number of ether oxygens (including phenoxy) is 2. The first kappa shape index (κ1) is 23.7. The van der Waals surface area contributed by atoms with Gasteiger partial charge in [0.2, 0.25) is 0 Å². The van der Waals surface area contributed by atoms with E-state index in [1.165, 1.54) is 0 Å². The van der Waals surface area contributed by atoms with Crippen LogP contribution < -0.4 is 0 Å². The van der Waals surface area contributed by atoms with Crippen LogP contribution in [0.3, 0.4) is 0 Å². The monoisotopic (exact) mass is 422 g/mol. The molecule has 0 saturated heterocycles. The summed E-state index contributed by atoms with van der Waals surface area (Å²) in [7, 11) is 0. The highest BCUT2D eigenvalue weighted by molar-refractivity contribution is 5.61. The lowest BCUT2D eigenvalue weighted by Gasteiger charge is -2.48. The molecule has 26 heavy (non-hydrogen) atoms. The van der Waals surface area contributed by atoms with E-state index in [-0.39, 0.29) is 0 Å². The molecule has 0 aliphatic rings. The van der Waals surface area contributed by atoms with E-state index in [0.717, 1.165) is 0 Å². The molecule has 0 rings (SSSR count). The van der Waals surface area contributed by atoms with Gasteiger partial charge in [-0.3, -0.25) is 0 Å². The van der Waals surface area contributed by atoms with Crippen molar-refractivity contribution < 1.29 is 82.0 Å². The van der Waals surface area contributed by atoms with Crippen LogP contribution in [0.5, 0.6) is 0 Å². The van der Waals surface area contributed by atoms with E-state index in [9.17, 15) is 62.3 Å². The van der Waals surface area contributed by atoms with Gasteiger partial charge in [-0.25, -0.2) is 9.59 Å². The van der Waals surface area contributed by atoms with Crippen molar-refractivity contribution in [2.75, 3.05) is 0 Å². The summed E-state index contributed by atoms with van der Waals surface area (Å²) in [5, 5.41) is 15.9. The zero-order valence-electron chi connectivity index (χ0n) is 11.1. The van der Waals surface area contributed by atoms with E-state index in [2.05, 4.69) is 0 Å². The van der Waals surface area contributed by atoms with Gasteiger partial charge in [0.05, 0.1) is 0 Å². The van der Waals surface area contributed by atoms with Crippen LogP contribution in [-0.2, 0) is 9.47 Å². The molecule has 0 aliphatic carbocycles. The Kier molecular flexibility index (Phi) is 5.60. The van der Waals surface area contributed by atoms with Crippen molar-refractivity contribution in [1.29, 1.82) is 0 Å². The smallest absolute Gasteiger partial charge is 0.450 e. The van der Waals surface area contributed by atoms with Crippen LogP contribution in [0.15, 0.2) is 0 Å². The third kappa shape index (κ3) is 3.35. The van der Waals surface area contributed by atoms with E-state index in [1.807, 2.05) is 9.47 Å². The Morgan fingerprint density at radius 1 is 0.500 bits per heavy atom. The molecule has 0 amide bonds. The van der Waals surface area contributed by atoms with Crippen LogP contribution in [0.2, 0.25) is 0 Å². The minimum atomic E-state index is -7.84. The maximum Gasteiger partial charge on any atom is 0.507 e. The molecule has 0 unspecified atom stereocenters. The molecule has 0 fully saturated rings. The van der Waals surface area contributed by atoms with Crippen LogP contribution in [0.1, 0.15) is 0 Å². The highest BCUT2D eigenvalue weighted by Gasteiger charge is 2.99. The molecule has 154 valence electrons. The molecule has 0 spiro atoms. The summed E-state index contributed by atoms with van der Waals surface area (Å²) in [6, 6.07) is 0. The minimum absolute atomic E-state index is 2.02. The topological polar surface area (TPSA) is 93.1 Å². The predicted octanol–water partition coefficient (Wildman–Crippen LogP) is 4.10. The maximum atomic E-state index is 12.9. The number of carbonyl (C=O) groups is 2. The van der Waals surface area contributed by atoms with Gasteiger partial charge in [-0.2, -0.15) is 52.7 Å². The molecule has 2 N–H and O–H groups in total. The van der Waals surface area contributed by atoms with E-state index in [4.69, 9.17) is 10.2 Å². The summed E-state index contributed by atoms with van der Waals surface area (Å²) < 4.78 is 158. The van der Waals surface area contributed by atoms with Crippen molar-refractivity contribution in [3.8, 4) is 0 Å². The first-order chi connectivity index (χ1) is 11.1. The zero-order chi connectivity index (χ0) is 21.6. The first-order valence-corrected chi connectivity index (χ1v) is 5.19. The van der Waals surface area contributed by atoms with E-state index >= 15 is 0 Å². The van der Waals surface area contributed by atoms with E-state index < -0.39 is 48.2 Å². The van der Waals surface area contributed by atoms with Gasteiger partial charge in [0.25, 0.3) is 0 Å². The standard InChI is InChI=1S/C8H2F12O6/c9-5(10,11)3(6(12,13)14,25-1(21)22)4(7(15,16)17,8(18,19)20)26-2(23)24/h(H,21,22)(H,23,24). The molecule has 6 nitrogen and oxygen atoms in total. The average Bonchev–Trinajstić information content (AvgIpc) is 2.26. The van der Waals surface area contributed by atoms with Gasteiger partial charge in [0.15, 0.2) is 0 Å². The van der Waals surface area contributed by atoms with Gasteiger partial charge in [-0.05, 0) is 0 Å². The molecule has 0 aromatic carbocycles. The zero-order valence-corrected chi connectivity index (χ0v) is 11.1. The van der Waals surface area contributed by atoms with Crippen LogP contribution in [0.25, 0.3) is 0 Å². The van der Waals surface area contributed by atoms with Crippen molar-refractivity contribution in [3.05, 3.63) is 0 Å². The SMILES string of the molecule is O=C(O)OC(C(F)(F)F)(C(F)(F)F)C(OC(=O)O)(C(F)(F)F)C(F)(F)F. The number of halogens is 12. The molecular weight excluding hydrogens is 420 g/mol. The lowest BCUT2D eigenvalue weighted by molar-refractivity contribution is -0.493. The lowest BCUT2D eigenvalue weighted by atomic mass is 9.79. The Balaban J connectivity index is 7.67. The highest BCUT2D eigenvalue weighted by Crippen LogP contribution is 2.63. The summed E-state index contributed by atoms with van der Waals surface area (Å²) >= 11 is 0. The molecule has 0 aromatic heterocycles. The molecular formula is C8H2F12O6. The minimum Gasteiger partial charge on any atom is -0.450 e. The molecule has 0 radical (unpaired) electrons. The van der Waals surface area contributed by atoms with Crippen molar-refractivity contribution in [2.24, 2.45) is 0 Å². The normalized spacial score (nSPS) is 14.8. The number of carboxylic acid groups (broad SMARTS) is 2. The molecule has 0 aromatic rings. The molecule has 0 heterocycles. The van der Waals surface area contributed by atoms with Crippen molar-refractivity contribution in [2.45, 2.75) is 35.9 Å². The average molecular weight is 422 g/mol. The predicted molar refractivity (Wildman–Crippen MR) is 47.9 cm³/mol. The lowest BCUT2D eigenvalue weighted by Crippen LogP contribution is -2.82. The second kappa shape index (κ2) is 6.15. The highest BCUT2D eigenvalue weighted by atomic mass is 19.4. The quantitative estimate of drug-likeness (QED) is 0.526. The van der Waals surface area contributed by atoms with Crippen LogP contribution >= 0.6 is 0 Å². The fraction of sp³-hybridized carbons (Fsp3) is 0.750. The summed E-state index contributed by atoms with van der Waals surface area (Å²) in [4.78, 5) is 20.3. The Morgan fingerprint density at radius 2 is 0.654 bits per heavy atom. The maximum absolute atomic E-state index is 12.9. The summed E-state index contributed by atoms with van der Waals surface area (Å²) in [6.07, 6.45) is -39.2. The van der Waals surface area contributed by atoms with Crippen molar-refractivity contribution in [1.82, 2.24) is 0 Å². The molecule has 0 bridgehead atoms. The number of alkyl halides is 12. The summed E-state index contributed by atoms with van der Waals surface area (Å²) in [5.74, 6) is 0. The molecule has 18 heteroatoms. The summed E-state index contributed by atoms with van der Waals surface area (Å²) in [6.45, 7) is 0. The van der Waals surface area contributed by atoms with E-state index in [0.29, 0.717) is 0 Å². The second-order valence-electron chi connectivity index (χ2n) is 4.09. The van der Waals surface area contributed by atoms with E-state index in [1.54, 1.807) is 0 Å². The summed E-state index contributed by atoms with van der Waals surface area (Å²) in [5.41, 5.74) is -15.5. The first-order valence-electron chi connectivity index (χ1n) is 5.19. The Bertz CT molecular complexity index is 476. The number of rotatable bonds is 3. The van der Waals surface area contributed by atoms with Crippen molar-refractivity contribution in [3.63, 3.8) is 0 Å². The second-order valence-corrected chi connectivity index (χ2v) is 4.09. The third-order valence-corrected chi connectivity index (χ3v) is 2.57. The van der Waals surface area contributed by atoms with Crippen LogP contribution in [0, 0.1) is 0 Å². The number of hydrogen-bond acceptors (Lipinski definition) is 4. The molecule has 0 aliphatic heterocycles. The molecule has 0 atom stereocenters. The van der Waals surface area contributed by atoms with Gasteiger partial charge in [-0.1, -0.05) is 0 Å². The Labute approximate surface area is 131 Å². The van der Waals surface area contributed by atoms with Crippen molar-refractivity contribution >= 4 is 12.3 Å². The van der Waals surface area contributed by atoms with Gasteiger partial charge in [0.1, 0.15) is 0 Å².